The smallest absolute Gasteiger partial charge is 0.303 e. The molecule has 0 radical (unpaired) electrons. The zero-order valence-corrected chi connectivity index (χ0v) is 20.0. The first-order chi connectivity index (χ1) is 16.5. The van der Waals surface area contributed by atoms with Crippen LogP contribution >= 0.6 is 0 Å². The summed E-state index contributed by atoms with van der Waals surface area (Å²) in [5, 5.41) is 8.86. The molecule has 0 unspecified atom stereocenters. The van der Waals surface area contributed by atoms with Crippen molar-refractivity contribution in [2.75, 3.05) is 13.2 Å². The Morgan fingerprint density at radius 2 is 1.62 bits per heavy atom. The first-order valence-corrected chi connectivity index (χ1v) is 11.9. The van der Waals surface area contributed by atoms with Gasteiger partial charge in [0.15, 0.2) is 0 Å². The summed E-state index contributed by atoms with van der Waals surface area (Å²) in [4.78, 5) is 25.7. The fourth-order valence-corrected chi connectivity index (χ4v) is 3.72. The zero-order valence-electron chi connectivity index (χ0n) is 20.0. The second-order valence-corrected chi connectivity index (χ2v) is 8.34. The number of carbonyl (C=O) groups is 2. The van der Waals surface area contributed by atoms with Crippen LogP contribution < -0.4 is 4.74 Å². The lowest BCUT2D eigenvalue weighted by molar-refractivity contribution is -0.136. The molecule has 0 saturated heterocycles. The van der Waals surface area contributed by atoms with Gasteiger partial charge in [-0.2, -0.15) is 0 Å². The number of carbonyl (C=O) groups excluding carboxylic acids is 1. The van der Waals surface area contributed by atoms with Gasteiger partial charge >= 0.3 is 5.97 Å². The highest BCUT2D eigenvalue weighted by molar-refractivity contribution is 5.94. The van der Waals surface area contributed by atoms with Crippen LogP contribution in [-0.4, -0.2) is 35.0 Å². The molecule has 3 rings (SSSR count). The Kier molecular flexibility index (Phi) is 9.27. The average molecular weight is 460 g/mol. The molecular weight excluding hydrogens is 426 g/mol. The lowest BCUT2D eigenvalue weighted by Crippen LogP contribution is -2.30. The van der Waals surface area contributed by atoms with Gasteiger partial charge in [0.1, 0.15) is 5.75 Å². The molecular formula is C29H33NO4. The van der Waals surface area contributed by atoms with Crippen molar-refractivity contribution in [3.8, 4) is 16.9 Å². The summed E-state index contributed by atoms with van der Waals surface area (Å²) in [7, 11) is 0. The van der Waals surface area contributed by atoms with Gasteiger partial charge in [0.05, 0.1) is 6.61 Å². The molecule has 1 amide bonds. The van der Waals surface area contributed by atoms with E-state index in [1.165, 1.54) is 0 Å². The van der Waals surface area contributed by atoms with Crippen LogP contribution in [0, 0.1) is 0 Å². The maximum atomic E-state index is 13.1. The molecule has 0 atom stereocenters. The van der Waals surface area contributed by atoms with E-state index in [9.17, 15) is 9.59 Å². The molecule has 0 saturated carbocycles. The summed E-state index contributed by atoms with van der Waals surface area (Å²) in [6.45, 7) is 5.93. The Morgan fingerprint density at radius 3 is 2.26 bits per heavy atom. The molecule has 5 nitrogen and oxygen atoms in total. The number of benzene rings is 3. The molecule has 0 spiro atoms. The minimum atomic E-state index is -0.789. The molecule has 34 heavy (non-hydrogen) atoms. The number of rotatable bonds is 12. The third-order valence-corrected chi connectivity index (χ3v) is 5.75. The van der Waals surface area contributed by atoms with E-state index in [0.29, 0.717) is 31.7 Å². The minimum absolute atomic E-state index is 0.00389. The monoisotopic (exact) mass is 459 g/mol. The highest BCUT2D eigenvalue weighted by atomic mass is 16.5. The van der Waals surface area contributed by atoms with Crippen molar-refractivity contribution in [3.05, 3.63) is 89.5 Å². The van der Waals surface area contributed by atoms with Crippen LogP contribution in [-0.2, 0) is 17.8 Å². The number of aliphatic carboxylic acids is 1. The van der Waals surface area contributed by atoms with E-state index in [-0.39, 0.29) is 12.3 Å². The Hall–Kier alpha value is -3.60. The van der Waals surface area contributed by atoms with E-state index >= 15 is 0 Å². The number of amides is 1. The second-order valence-electron chi connectivity index (χ2n) is 8.34. The van der Waals surface area contributed by atoms with Gasteiger partial charge < -0.3 is 14.7 Å². The molecule has 178 valence electrons. The van der Waals surface area contributed by atoms with Crippen molar-refractivity contribution < 1.29 is 19.4 Å². The average Bonchev–Trinajstić information content (AvgIpc) is 2.86. The third-order valence-electron chi connectivity index (χ3n) is 5.75. The standard InChI is InChI=1S/C29H33NO4/c1-3-5-19-34-27-16-14-25(15-17-27)29(33)30(4-2)21-23-7-6-8-26(20-23)24-12-9-22(10-13-24)11-18-28(31)32/h6-10,12-17,20H,3-5,11,18-19,21H2,1-2H3,(H,31,32). The van der Waals surface area contributed by atoms with E-state index in [1.807, 2.05) is 78.6 Å². The fraction of sp³-hybridized carbons (Fsp3) is 0.310. The fourth-order valence-electron chi connectivity index (χ4n) is 3.72. The maximum Gasteiger partial charge on any atom is 0.303 e. The predicted octanol–water partition coefficient (Wildman–Crippen LogP) is 6.21. The number of ether oxygens (including phenoxy) is 1. The summed E-state index contributed by atoms with van der Waals surface area (Å²) in [6, 6.07) is 23.5. The van der Waals surface area contributed by atoms with Gasteiger partial charge in [-0.3, -0.25) is 9.59 Å². The van der Waals surface area contributed by atoms with Crippen molar-refractivity contribution >= 4 is 11.9 Å². The Bertz CT molecular complexity index is 1070. The quantitative estimate of drug-likeness (QED) is 0.327. The normalized spacial score (nSPS) is 10.6. The minimum Gasteiger partial charge on any atom is -0.494 e. The van der Waals surface area contributed by atoms with Gasteiger partial charge in [-0.15, -0.1) is 0 Å². The van der Waals surface area contributed by atoms with E-state index in [1.54, 1.807) is 0 Å². The number of nitrogens with zero attached hydrogens (tertiary/aromatic N) is 1. The van der Waals surface area contributed by atoms with Crippen LogP contribution in [0.1, 0.15) is 54.6 Å². The summed E-state index contributed by atoms with van der Waals surface area (Å²) in [5.41, 5.74) is 4.85. The van der Waals surface area contributed by atoms with Crippen LogP contribution in [0.5, 0.6) is 5.75 Å². The van der Waals surface area contributed by atoms with Crippen molar-refractivity contribution in [2.24, 2.45) is 0 Å². The molecule has 0 aliphatic rings. The lowest BCUT2D eigenvalue weighted by Gasteiger charge is -2.21. The van der Waals surface area contributed by atoms with Crippen molar-refractivity contribution in [1.29, 1.82) is 0 Å². The lowest BCUT2D eigenvalue weighted by atomic mass is 10.00. The largest absolute Gasteiger partial charge is 0.494 e. The summed E-state index contributed by atoms with van der Waals surface area (Å²) < 4.78 is 5.70. The van der Waals surface area contributed by atoms with Gasteiger partial charge in [-0.25, -0.2) is 0 Å². The summed E-state index contributed by atoms with van der Waals surface area (Å²) in [5.74, 6) is -0.00595. The van der Waals surface area contributed by atoms with E-state index in [0.717, 1.165) is 40.8 Å². The van der Waals surface area contributed by atoms with E-state index in [2.05, 4.69) is 13.0 Å². The first-order valence-electron chi connectivity index (χ1n) is 11.9. The van der Waals surface area contributed by atoms with Gasteiger partial charge in [0.2, 0.25) is 0 Å². The second kappa shape index (κ2) is 12.6. The number of hydrogen-bond acceptors (Lipinski definition) is 3. The molecule has 5 heteroatoms. The zero-order chi connectivity index (χ0) is 24.3. The molecule has 0 bridgehead atoms. The topological polar surface area (TPSA) is 66.8 Å². The van der Waals surface area contributed by atoms with Gasteiger partial charge in [0.25, 0.3) is 5.91 Å². The van der Waals surface area contributed by atoms with Crippen LogP contribution in [0.15, 0.2) is 72.8 Å². The number of aryl methyl sites for hydroxylation is 1. The highest BCUT2D eigenvalue weighted by Crippen LogP contribution is 2.23. The molecule has 1 N–H and O–H groups in total. The van der Waals surface area contributed by atoms with Crippen LogP contribution in [0.2, 0.25) is 0 Å². The third kappa shape index (κ3) is 7.20. The Morgan fingerprint density at radius 1 is 0.882 bits per heavy atom. The van der Waals surface area contributed by atoms with E-state index in [4.69, 9.17) is 9.84 Å². The van der Waals surface area contributed by atoms with Crippen molar-refractivity contribution in [3.63, 3.8) is 0 Å². The molecule has 0 fully saturated rings. The highest BCUT2D eigenvalue weighted by Gasteiger charge is 2.15. The predicted molar refractivity (Wildman–Crippen MR) is 135 cm³/mol. The number of carboxylic acids is 1. The van der Waals surface area contributed by atoms with Crippen LogP contribution in [0.4, 0.5) is 0 Å². The summed E-state index contributed by atoms with van der Waals surface area (Å²) >= 11 is 0. The molecule has 3 aromatic carbocycles. The Labute approximate surface area is 202 Å². The SMILES string of the molecule is CCCCOc1ccc(C(=O)N(CC)Cc2cccc(-c3ccc(CCC(=O)O)cc3)c2)cc1. The van der Waals surface area contributed by atoms with Crippen LogP contribution in [0.3, 0.4) is 0 Å². The van der Waals surface area contributed by atoms with Crippen molar-refractivity contribution in [1.82, 2.24) is 4.90 Å². The van der Waals surface area contributed by atoms with Gasteiger partial charge in [0, 0.05) is 25.1 Å². The first kappa shape index (κ1) is 25.0. The number of unbranched alkanes of at least 4 members (excludes halogenated alkanes) is 1. The Balaban J connectivity index is 1.66. The molecule has 0 aliphatic carbocycles. The van der Waals surface area contributed by atoms with Gasteiger partial charge in [-0.1, -0.05) is 55.8 Å². The molecule has 0 aromatic heterocycles. The van der Waals surface area contributed by atoms with Crippen molar-refractivity contribution in [2.45, 2.75) is 46.1 Å². The number of carboxylic acid groups (broad SMARTS) is 1. The van der Waals surface area contributed by atoms with E-state index < -0.39 is 5.97 Å². The molecule has 3 aromatic rings. The van der Waals surface area contributed by atoms with Crippen LogP contribution in [0.25, 0.3) is 11.1 Å². The van der Waals surface area contributed by atoms with Gasteiger partial charge in [-0.05, 0) is 72.4 Å². The summed E-state index contributed by atoms with van der Waals surface area (Å²) in [6.07, 6.45) is 2.75. The maximum absolute atomic E-state index is 13.1. The number of hydrogen-bond donors (Lipinski definition) is 1. The molecule has 0 aliphatic heterocycles. The molecule has 0 heterocycles.